The Kier molecular flexibility index (Phi) is 2.85. The van der Waals surface area contributed by atoms with Crippen LogP contribution in [0.15, 0.2) is 18.2 Å². The summed E-state index contributed by atoms with van der Waals surface area (Å²) in [4.78, 5) is 0. The summed E-state index contributed by atoms with van der Waals surface area (Å²) < 4.78 is 56.9. The van der Waals surface area contributed by atoms with Crippen molar-refractivity contribution < 1.29 is 22.3 Å². The van der Waals surface area contributed by atoms with Crippen molar-refractivity contribution in [2.75, 3.05) is 0 Å². The topological polar surface area (TPSA) is 21.3 Å². The predicted octanol–water partition coefficient (Wildman–Crippen LogP) is 3.11. The van der Waals surface area contributed by atoms with Crippen molar-refractivity contribution >= 4 is 0 Å². The van der Waals surface area contributed by atoms with Gasteiger partial charge in [-0.2, -0.15) is 13.2 Å². The van der Waals surface area contributed by atoms with E-state index in [-0.39, 0.29) is 18.3 Å². The summed E-state index contributed by atoms with van der Waals surface area (Å²) in [7, 11) is 0. The summed E-state index contributed by atoms with van der Waals surface area (Å²) in [6.07, 6.45) is -2.29. The molecule has 114 valence electrons. The number of alkyl halides is 3. The minimum atomic E-state index is -4.52. The molecule has 4 bridgehead atoms. The van der Waals surface area contributed by atoms with Crippen molar-refractivity contribution in [2.45, 2.75) is 43.8 Å². The zero-order chi connectivity index (χ0) is 14.8. The van der Waals surface area contributed by atoms with Crippen molar-refractivity contribution in [2.24, 2.45) is 11.8 Å². The fourth-order valence-electron chi connectivity index (χ4n) is 3.93. The van der Waals surface area contributed by atoms with E-state index in [1.54, 1.807) is 0 Å². The Labute approximate surface area is 119 Å². The third-order valence-electron chi connectivity index (χ3n) is 4.99. The van der Waals surface area contributed by atoms with Gasteiger partial charge >= 0.3 is 6.18 Å². The van der Waals surface area contributed by atoms with Crippen LogP contribution in [0.2, 0.25) is 0 Å². The van der Waals surface area contributed by atoms with Gasteiger partial charge in [-0.1, -0.05) is 6.07 Å². The Morgan fingerprint density at radius 2 is 2.05 bits per heavy atom. The molecule has 2 saturated heterocycles. The minimum Gasteiger partial charge on any atom is -0.373 e. The largest absolute Gasteiger partial charge is 0.416 e. The van der Waals surface area contributed by atoms with E-state index in [9.17, 15) is 17.6 Å². The minimum absolute atomic E-state index is 0.0390. The second-order valence-electron chi connectivity index (χ2n) is 6.26. The summed E-state index contributed by atoms with van der Waals surface area (Å²) >= 11 is 0. The highest BCUT2D eigenvalue weighted by Crippen LogP contribution is 2.56. The van der Waals surface area contributed by atoms with E-state index in [4.69, 9.17) is 4.74 Å². The molecule has 0 aromatic heterocycles. The van der Waals surface area contributed by atoms with Crippen LogP contribution >= 0.6 is 0 Å². The van der Waals surface area contributed by atoms with Crippen LogP contribution < -0.4 is 5.32 Å². The van der Waals surface area contributed by atoms with Gasteiger partial charge in [-0.15, -0.1) is 0 Å². The van der Waals surface area contributed by atoms with Gasteiger partial charge in [0.05, 0.1) is 18.3 Å². The molecule has 6 heteroatoms. The summed E-state index contributed by atoms with van der Waals surface area (Å²) in [5.74, 6) is 0.343. The second-order valence-corrected chi connectivity index (χ2v) is 6.26. The quantitative estimate of drug-likeness (QED) is 0.866. The number of benzene rings is 1. The molecule has 0 amide bonds. The van der Waals surface area contributed by atoms with Crippen LogP contribution in [0, 0.1) is 17.7 Å². The standard InChI is InChI=1S/C15H15F4NO/c16-11-3-8(15(17,18)19)2-1-7(11)6-21-12-5-9-4-10-13(12)14(10)20-9/h1-3,9-10,12-14,20H,4-6H2/t9-,10?,12+,13?,14+/m1/s1. The van der Waals surface area contributed by atoms with Gasteiger partial charge in [-0.05, 0) is 30.9 Å². The number of rotatable bonds is 3. The van der Waals surface area contributed by atoms with E-state index < -0.39 is 17.6 Å². The summed E-state index contributed by atoms with van der Waals surface area (Å²) in [6.45, 7) is 0.0390. The molecule has 21 heavy (non-hydrogen) atoms. The molecule has 2 heterocycles. The molecule has 1 N–H and O–H groups in total. The first kappa shape index (κ1) is 13.5. The summed E-state index contributed by atoms with van der Waals surface area (Å²) in [6, 6.07) is 3.66. The van der Waals surface area contributed by atoms with Gasteiger partial charge < -0.3 is 10.1 Å². The Bertz CT molecular complexity index is 561. The number of nitrogens with one attached hydrogen (secondary N) is 1. The zero-order valence-electron chi connectivity index (χ0n) is 11.2. The van der Waals surface area contributed by atoms with Gasteiger partial charge in [0.15, 0.2) is 0 Å². The van der Waals surface area contributed by atoms with E-state index in [1.165, 1.54) is 12.5 Å². The lowest BCUT2D eigenvalue weighted by Gasteiger charge is -2.31. The number of fused-ring (bicyclic) bond motifs is 1. The number of piperidine rings is 2. The van der Waals surface area contributed by atoms with E-state index in [0.717, 1.165) is 12.5 Å². The highest BCUT2D eigenvalue weighted by Gasteiger charge is 2.63. The van der Waals surface area contributed by atoms with Crippen molar-refractivity contribution in [3.63, 3.8) is 0 Å². The molecule has 2 saturated carbocycles. The fourth-order valence-corrected chi connectivity index (χ4v) is 3.93. The Balaban J connectivity index is 1.41. The summed E-state index contributed by atoms with van der Waals surface area (Å²) in [5.41, 5.74) is -0.776. The van der Waals surface area contributed by atoms with Crippen molar-refractivity contribution in [1.29, 1.82) is 0 Å². The average molecular weight is 301 g/mol. The van der Waals surface area contributed by atoms with Gasteiger partial charge in [0.2, 0.25) is 0 Å². The average Bonchev–Trinajstić information content (AvgIpc) is 2.99. The first-order valence-electron chi connectivity index (χ1n) is 7.17. The molecule has 4 fully saturated rings. The molecule has 0 spiro atoms. The molecule has 1 aromatic carbocycles. The van der Waals surface area contributed by atoms with E-state index in [0.29, 0.717) is 30.0 Å². The van der Waals surface area contributed by atoms with Gasteiger partial charge in [0, 0.05) is 23.6 Å². The number of hydrogen-bond acceptors (Lipinski definition) is 2. The van der Waals surface area contributed by atoms with Crippen LogP contribution in [-0.4, -0.2) is 18.2 Å². The van der Waals surface area contributed by atoms with Gasteiger partial charge in [0.1, 0.15) is 5.82 Å². The molecule has 5 atom stereocenters. The maximum atomic E-state index is 13.7. The van der Waals surface area contributed by atoms with Crippen LogP contribution in [0.1, 0.15) is 24.0 Å². The van der Waals surface area contributed by atoms with Crippen molar-refractivity contribution in [3.8, 4) is 0 Å². The van der Waals surface area contributed by atoms with Crippen LogP contribution in [0.5, 0.6) is 0 Å². The van der Waals surface area contributed by atoms with Crippen molar-refractivity contribution in [1.82, 2.24) is 5.32 Å². The smallest absolute Gasteiger partial charge is 0.373 e. The predicted molar refractivity (Wildman–Crippen MR) is 66.9 cm³/mol. The SMILES string of the molecule is Fc1cc(C(F)(F)F)ccc1CO[C@H]1C[C@H]2CC3C1[C@H]3N2. The van der Waals surface area contributed by atoms with E-state index in [1.807, 2.05) is 0 Å². The Hall–Kier alpha value is -1.14. The molecule has 5 rings (SSSR count). The third kappa shape index (κ3) is 2.25. The van der Waals surface area contributed by atoms with E-state index >= 15 is 0 Å². The fraction of sp³-hybridized carbons (Fsp3) is 0.600. The zero-order valence-corrected chi connectivity index (χ0v) is 11.2. The first-order valence-corrected chi connectivity index (χ1v) is 7.17. The molecule has 4 aliphatic rings. The maximum Gasteiger partial charge on any atom is 0.416 e. The van der Waals surface area contributed by atoms with Gasteiger partial charge in [-0.25, -0.2) is 4.39 Å². The molecule has 2 aliphatic heterocycles. The lowest BCUT2D eigenvalue weighted by molar-refractivity contribution is -0.137. The normalized spacial score (nSPS) is 36.9. The Morgan fingerprint density at radius 3 is 2.62 bits per heavy atom. The molecule has 2 aliphatic carbocycles. The second kappa shape index (κ2) is 4.43. The molecular formula is C15H15F4NO. The van der Waals surface area contributed by atoms with E-state index in [2.05, 4.69) is 5.32 Å². The summed E-state index contributed by atoms with van der Waals surface area (Å²) in [5, 5.41) is 3.51. The highest BCUT2D eigenvalue weighted by atomic mass is 19.4. The highest BCUT2D eigenvalue weighted by molar-refractivity contribution is 5.26. The molecule has 2 nitrogen and oxygen atoms in total. The molecule has 2 unspecified atom stereocenters. The Morgan fingerprint density at radius 1 is 1.24 bits per heavy atom. The van der Waals surface area contributed by atoms with Crippen LogP contribution in [0.4, 0.5) is 17.6 Å². The maximum absolute atomic E-state index is 13.7. The monoisotopic (exact) mass is 301 g/mol. The molecule has 0 radical (unpaired) electrons. The lowest BCUT2D eigenvalue weighted by Crippen LogP contribution is -2.41. The number of ether oxygens (including phenoxy) is 1. The van der Waals surface area contributed by atoms with Crippen LogP contribution in [0.25, 0.3) is 0 Å². The van der Waals surface area contributed by atoms with Gasteiger partial charge in [0.25, 0.3) is 0 Å². The van der Waals surface area contributed by atoms with Crippen LogP contribution in [-0.2, 0) is 17.5 Å². The van der Waals surface area contributed by atoms with Crippen LogP contribution in [0.3, 0.4) is 0 Å². The first-order chi connectivity index (χ1) is 9.93. The molecule has 1 aromatic rings. The lowest BCUT2D eigenvalue weighted by atomic mass is 9.92. The third-order valence-corrected chi connectivity index (χ3v) is 4.99. The van der Waals surface area contributed by atoms with Gasteiger partial charge in [-0.3, -0.25) is 0 Å². The van der Waals surface area contributed by atoms with Crippen molar-refractivity contribution in [3.05, 3.63) is 35.1 Å². The molecular weight excluding hydrogens is 286 g/mol. The number of hydrogen-bond donors (Lipinski definition) is 1. The number of halogens is 4.